The molecule has 0 bridgehead atoms. The molecule has 0 unspecified atom stereocenters. The molecular formula is C9H5F3N2O2. The van der Waals surface area contributed by atoms with Crippen LogP contribution in [0.5, 0.6) is 0 Å². The second-order valence-electron chi connectivity index (χ2n) is 3.12. The molecule has 4 nitrogen and oxygen atoms in total. The van der Waals surface area contributed by atoms with E-state index in [1.807, 2.05) is 0 Å². The Morgan fingerprint density at radius 3 is 2.12 bits per heavy atom. The van der Waals surface area contributed by atoms with Crippen LogP contribution in [0.25, 0.3) is 11.0 Å². The molecule has 0 aliphatic carbocycles. The number of fused-ring (bicyclic) bond motifs is 1. The van der Waals surface area contributed by atoms with Gasteiger partial charge in [-0.05, 0) is 0 Å². The zero-order chi connectivity index (χ0) is 11.9. The van der Waals surface area contributed by atoms with Crippen LogP contribution < -0.4 is 9.46 Å². The summed E-state index contributed by atoms with van der Waals surface area (Å²) in [5.41, 5.74) is -1.95. The number of alkyl halides is 3. The summed E-state index contributed by atoms with van der Waals surface area (Å²) >= 11 is 0. The van der Waals surface area contributed by atoms with E-state index in [0.29, 0.717) is 0 Å². The molecule has 0 atom stereocenters. The molecule has 1 heterocycles. The second kappa shape index (κ2) is 3.22. The first kappa shape index (κ1) is 10.5. The fourth-order valence-electron chi connectivity index (χ4n) is 1.37. The minimum absolute atomic E-state index is 0.0343. The molecule has 0 N–H and O–H groups in total. The van der Waals surface area contributed by atoms with Crippen LogP contribution in [0, 0.1) is 10.4 Å². The van der Waals surface area contributed by atoms with Gasteiger partial charge >= 0.3 is 11.9 Å². The monoisotopic (exact) mass is 230 g/mol. The van der Waals surface area contributed by atoms with E-state index >= 15 is 0 Å². The molecule has 84 valence electrons. The van der Waals surface area contributed by atoms with Gasteiger partial charge in [-0.25, -0.2) is 0 Å². The van der Waals surface area contributed by atoms with E-state index in [1.165, 1.54) is 18.2 Å². The molecule has 0 saturated carbocycles. The maximum absolute atomic E-state index is 12.4. The lowest BCUT2D eigenvalue weighted by molar-refractivity contribution is -0.645. The summed E-state index contributed by atoms with van der Waals surface area (Å²) in [5, 5.41) is 22.6. The molecule has 2 rings (SSSR count). The van der Waals surface area contributed by atoms with E-state index < -0.39 is 11.9 Å². The van der Waals surface area contributed by atoms with E-state index in [9.17, 15) is 23.6 Å². The first-order chi connectivity index (χ1) is 7.41. The maximum Gasteiger partial charge on any atom is 0.485 e. The maximum atomic E-state index is 12.4. The molecule has 2 aromatic rings. The zero-order valence-corrected chi connectivity index (χ0v) is 7.73. The van der Waals surface area contributed by atoms with Gasteiger partial charge in [0.1, 0.15) is 0 Å². The Morgan fingerprint density at radius 1 is 1.00 bits per heavy atom. The van der Waals surface area contributed by atoms with Crippen molar-refractivity contribution >= 4 is 11.0 Å². The van der Waals surface area contributed by atoms with Gasteiger partial charge in [-0.3, -0.25) is 0 Å². The Kier molecular flexibility index (Phi) is 2.11. The first-order valence-corrected chi connectivity index (χ1v) is 4.23. The quantitative estimate of drug-likeness (QED) is 0.503. The summed E-state index contributed by atoms with van der Waals surface area (Å²) in [6.07, 6.45) is -4.62. The van der Waals surface area contributed by atoms with Crippen molar-refractivity contribution in [2.45, 2.75) is 6.18 Å². The van der Waals surface area contributed by atoms with Crippen molar-refractivity contribution in [3.05, 3.63) is 46.6 Å². The minimum atomic E-state index is -4.85. The van der Waals surface area contributed by atoms with Crippen LogP contribution in [0.3, 0.4) is 0 Å². The lowest BCUT2D eigenvalue weighted by atomic mass is 10.3. The molecule has 1 aromatic heterocycles. The van der Waals surface area contributed by atoms with Crippen molar-refractivity contribution in [1.29, 1.82) is 0 Å². The van der Waals surface area contributed by atoms with Crippen molar-refractivity contribution in [3.8, 4) is 0 Å². The highest BCUT2D eigenvalue weighted by atomic mass is 19.4. The molecule has 0 radical (unpaired) electrons. The lowest BCUT2D eigenvalue weighted by Crippen LogP contribution is -2.44. The van der Waals surface area contributed by atoms with Gasteiger partial charge < -0.3 is 10.4 Å². The molecule has 1 aromatic carbocycles. The van der Waals surface area contributed by atoms with Crippen LogP contribution >= 0.6 is 0 Å². The van der Waals surface area contributed by atoms with Crippen molar-refractivity contribution in [2.75, 3.05) is 0 Å². The molecular weight excluding hydrogens is 225 g/mol. The average Bonchev–Trinajstić information content (AvgIpc) is 2.22. The molecule has 0 aliphatic rings. The zero-order valence-electron chi connectivity index (χ0n) is 7.73. The second-order valence-corrected chi connectivity index (χ2v) is 3.12. The van der Waals surface area contributed by atoms with E-state index in [2.05, 4.69) is 0 Å². The van der Waals surface area contributed by atoms with Gasteiger partial charge in [0.2, 0.25) is 0 Å². The summed E-state index contributed by atoms with van der Waals surface area (Å²) in [4.78, 5) is 0. The molecule has 0 aliphatic heterocycles. The third kappa shape index (κ3) is 1.50. The first-order valence-electron chi connectivity index (χ1n) is 4.23. The summed E-state index contributed by atoms with van der Waals surface area (Å²) in [6.45, 7) is 0. The highest BCUT2D eigenvalue weighted by Gasteiger charge is 2.43. The predicted molar refractivity (Wildman–Crippen MR) is 46.9 cm³/mol. The average molecular weight is 230 g/mol. The summed E-state index contributed by atoms with van der Waals surface area (Å²) in [5.74, 6) is 0. The van der Waals surface area contributed by atoms with Gasteiger partial charge in [-0.1, -0.05) is 12.1 Å². The number of halogens is 3. The van der Waals surface area contributed by atoms with Crippen molar-refractivity contribution in [3.63, 3.8) is 0 Å². The van der Waals surface area contributed by atoms with E-state index in [1.54, 1.807) is 0 Å². The van der Waals surface area contributed by atoms with Gasteiger partial charge in [0.05, 0.1) is 0 Å². The number of hydrogen-bond acceptors (Lipinski definition) is 2. The van der Waals surface area contributed by atoms with Crippen LogP contribution in [-0.4, -0.2) is 0 Å². The molecule has 0 spiro atoms. The van der Waals surface area contributed by atoms with Crippen LogP contribution in [0.4, 0.5) is 13.2 Å². The van der Waals surface area contributed by atoms with Crippen molar-refractivity contribution in [2.24, 2.45) is 0 Å². The van der Waals surface area contributed by atoms with Gasteiger partial charge in [0, 0.05) is 12.1 Å². The predicted octanol–water partition coefficient (Wildman–Crippen LogP) is 1.13. The number of para-hydroxylation sites is 2. The third-order valence-corrected chi connectivity index (χ3v) is 2.09. The summed E-state index contributed by atoms with van der Waals surface area (Å²) in [6, 6.07) is 5.28. The normalized spacial score (nSPS) is 11.9. The SMILES string of the molecule is [O-][n+]1cc(C(F)(F)F)[n+]([O-])c2ccccc21. The highest BCUT2D eigenvalue weighted by molar-refractivity contribution is 5.67. The number of nitrogens with zero attached hydrogens (tertiary/aromatic N) is 2. The van der Waals surface area contributed by atoms with E-state index in [-0.39, 0.29) is 26.7 Å². The third-order valence-electron chi connectivity index (χ3n) is 2.09. The molecule has 0 saturated heterocycles. The molecule has 0 amide bonds. The Balaban J connectivity index is 2.86. The van der Waals surface area contributed by atoms with Crippen LogP contribution in [0.2, 0.25) is 0 Å². The Hall–Kier alpha value is -2.05. The topological polar surface area (TPSA) is 53.9 Å². The van der Waals surface area contributed by atoms with Gasteiger partial charge in [0.25, 0.3) is 17.2 Å². The lowest BCUT2D eigenvalue weighted by Gasteiger charge is -2.09. The van der Waals surface area contributed by atoms with Gasteiger partial charge in [-0.15, -0.1) is 4.73 Å². The number of rotatable bonds is 0. The fraction of sp³-hybridized carbons (Fsp3) is 0.111. The van der Waals surface area contributed by atoms with E-state index in [0.717, 1.165) is 6.07 Å². The molecule has 7 heteroatoms. The fourth-order valence-corrected chi connectivity index (χ4v) is 1.37. The number of aromatic nitrogens is 2. The Morgan fingerprint density at radius 2 is 1.56 bits per heavy atom. The number of hydrogen-bond donors (Lipinski definition) is 0. The van der Waals surface area contributed by atoms with E-state index in [4.69, 9.17) is 0 Å². The molecule has 0 fully saturated rings. The Bertz CT molecular complexity index is 554. The minimum Gasteiger partial charge on any atom is -0.618 e. The number of benzene rings is 1. The highest BCUT2D eigenvalue weighted by Crippen LogP contribution is 2.26. The van der Waals surface area contributed by atoms with Gasteiger partial charge in [0.15, 0.2) is 0 Å². The van der Waals surface area contributed by atoms with Gasteiger partial charge in [-0.2, -0.15) is 17.9 Å². The summed E-state index contributed by atoms with van der Waals surface area (Å²) < 4.78 is 36.9. The standard InChI is InChI=1S/C9H5F3N2O2/c10-9(11,12)8-5-13(15)6-3-1-2-4-7(6)14(8)16/h1-5H. The molecule has 16 heavy (non-hydrogen) atoms. The summed E-state index contributed by atoms with van der Waals surface area (Å²) in [7, 11) is 0. The van der Waals surface area contributed by atoms with Crippen LogP contribution in [0.15, 0.2) is 30.5 Å². The van der Waals surface area contributed by atoms with Crippen LogP contribution in [0.1, 0.15) is 5.69 Å². The largest absolute Gasteiger partial charge is 0.618 e. The van der Waals surface area contributed by atoms with Crippen LogP contribution in [-0.2, 0) is 6.18 Å². The Labute approximate surface area is 87.3 Å². The van der Waals surface area contributed by atoms with Crippen molar-refractivity contribution in [1.82, 2.24) is 0 Å². The smallest absolute Gasteiger partial charge is 0.485 e. The van der Waals surface area contributed by atoms with Crippen molar-refractivity contribution < 1.29 is 22.6 Å².